The topological polar surface area (TPSA) is 46.4 Å². The van der Waals surface area contributed by atoms with Gasteiger partial charge in [0.2, 0.25) is 0 Å². The van der Waals surface area contributed by atoms with Crippen LogP contribution in [0.2, 0.25) is 0 Å². The molecule has 0 spiro atoms. The number of hydrogen-bond acceptors (Lipinski definition) is 4. The molecule has 1 aliphatic heterocycles. The molecule has 0 radical (unpaired) electrons. The fraction of sp³-hybridized carbons (Fsp3) is 0.316. The van der Waals surface area contributed by atoms with E-state index in [2.05, 4.69) is 35.0 Å². The summed E-state index contributed by atoms with van der Waals surface area (Å²) in [5.74, 6) is 1.74. The van der Waals surface area contributed by atoms with Gasteiger partial charge >= 0.3 is 0 Å². The molecule has 5 nitrogen and oxygen atoms in total. The summed E-state index contributed by atoms with van der Waals surface area (Å²) in [5.41, 5.74) is 1.80. The molecular formula is C19H22N5+. The van der Waals surface area contributed by atoms with Crippen molar-refractivity contribution in [2.75, 3.05) is 37.6 Å². The maximum atomic E-state index is 4.89. The third kappa shape index (κ3) is 2.83. The lowest BCUT2D eigenvalue weighted by Crippen LogP contribution is -3.14. The summed E-state index contributed by atoms with van der Waals surface area (Å²) in [5, 5.41) is 1.12. The number of fused-ring (bicyclic) bond motifs is 1. The summed E-state index contributed by atoms with van der Waals surface area (Å²) in [6, 6.07) is 14.1. The third-order valence-corrected chi connectivity index (χ3v) is 4.75. The lowest BCUT2D eigenvalue weighted by molar-refractivity contribution is -0.898. The van der Waals surface area contributed by atoms with Gasteiger partial charge in [-0.05, 0) is 31.2 Å². The van der Waals surface area contributed by atoms with Crippen molar-refractivity contribution in [3.63, 3.8) is 0 Å². The summed E-state index contributed by atoms with van der Waals surface area (Å²) >= 11 is 0. The fourth-order valence-corrected chi connectivity index (χ4v) is 3.30. The third-order valence-electron chi connectivity index (χ3n) is 4.75. The first-order valence-electron chi connectivity index (χ1n) is 8.62. The average Bonchev–Trinajstić information content (AvgIpc) is 2.68. The van der Waals surface area contributed by atoms with Crippen LogP contribution in [-0.2, 0) is 0 Å². The predicted molar refractivity (Wildman–Crippen MR) is 96.2 cm³/mol. The maximum absolute atomic E-state index is 4.89. The van der Waals surface area contributed by atoms with Crippen molar-refractivity contribution in [3.8, 4) is 11.5 Å². The van der Waals surface area contributed by atoms with Crippen LogP contribution in [-0.4, -0.2) is 47.7 Å². The molecule has 0 aliphatic carbocycles. The lowest BCUT2D eigenvalue weighted by Gasteiger charge is -2.33. The largest absolute Gasteiger partial charge is 0.345 e. The quantitative estimate of drug-likeness (QED) is 0.793. The second kappa shape index (κ2) is 6.53. The number of benzene rings is 1. The van der Waals surface area contributed by atoms with Crippen molar-refractivity contribution in [2.45, 2.75) is 6.92 Å². The molecule has 1 saturated heterocycles. The van der Waals surface area contributed by atoms with Gasteiger partial charge in [0.25, 0.3) is 0 Å². The van der Waals surface area contributed by atoms with Crippen LogP contribution < -0.4 is 9.80 Å². The minimum absolute atomic E-state index is 0.703. The Hall–Kier alpha value is -2.53. The number of likely N-dealkylation sites (N-methyl/N-ethyl adjacent to an activating group) is 1. The van der Waals surface area contributed by atoms with E-state index in [0.717, 1.165) is 48.6 Å². The van der Waals surface area contributed by atoms with Crippen molar-refractivity contribution in [1.82, 2.24) is 15.0 Å². The summed E-state index contributed by atoms with van der Waals surface area (Å²) in [6.45, 7) is 7.83. The monoisotopic (exact) mass is 320 g/mol. The molecule has 1 aliphatic rings. The zero-order chi connectivity index (χ0) is 16.4. The molecule has 0 saturated carbocycles. The highest BCUT2D eigenvalue weighted by Gasteiger charge is 2.22. The first-order chi connectivity index (χ1) is 11.8. The van der Waals surface area contributed by atoms with Gasteiger partial charge in [0.1, 0.15) is 11.5 Å². The van der Waals surface area contributed by atoms with Crippen LogP contribution in [0, 0.1) is 0 Å². The van der Waals surface area contributed by atoms with Crippen molar-refractivity contribution < 1.29 is 4.90 Å². The van der Waals surface area contributed by atoms with Gasteiger partial charge in [-0.1, -0.05) is 18.2 Å². The van der Waals surface area contributed by atoms with Crippen molar-refractivity contribution in [2.24, 2.45) is 0 Å². The van der Waals surface area contributed by atoms with Crippen LogP contribution in [0.3, 0.4) is 0 Å². The highest BCUT2D eigenvalue weighted by molar-refractivity contribution is 5.90. The van der Waals surface area contributed by atoms with E-state index in [1.165, 1.54) is 6.54 Å². The van der Waals surface area contributed by atoms with E-state index in [9.17, 15) is 0 Å². The Bertz CT molecular complexity index is 826. The first-order valence-corrected chi connectivity index (χ1v) is 8.62. The van der Waals surface area contributed by atoms with Crippen molar-refractivity contribution in [1.29, 1.82) is 0 Å². The normalized spacial score (nSPS) is 15.8. The lowest BCUT2D eigenvalue weighted by atomic mass is 10.2. The molecule has 1 N–H and O–H groups in total. The smallest absolute Gasteiger partial charge is 0.180 e. The van der Waals surface area contributed by atoms with Gasteiger partial charge in [-0.3, -0.25) is 4.98 Å². The van der Waals surface area contributed by atoms with Gasteiger partial charge in [-0.2, -0.15) is 0 Å². The molecule has 2 aromatic heterocycles. The second-order valence-corrected chi connectivity index (χ2v) is 6.19. The van der Waals surface area contributed by atoms with Crippen molar-refractivity contribution in [3.05, 3.63) is 48.7 Å². The Kier molecular flexibility index (Phi) is 4.09. The number of aromatic nitrogens is 3. The molecule has 0 atom stereocenters. The van der Waals surface area contributed by atoms with Crippen LogP contribution in [0.5, 0.6) is 0 Å². The first kappa shape index (κ1) is 15.0. The van der Waals surface area contributed by atoms with Gasteiger partial charge in [0, 0.05) is 11.6 Å². The minimum atomic E-state index is 0.703. The van der Waals surface area contributed by atoms with E-state index in [1.54, 1.807) is 11.1 Å². The average molecular weight is 320 g/mol. The number of nitrogens with one attached hydrogen (secondary N) is 1. The Morgan fingerprint density at radius 3 is 2.54 bits per heavy atom. The predicted octanol–water partition coefficient (Wildman–Crippen LogP) is 1.42. The highest BCUT2D eigenvalue weighted by Crippen LogP contribution is 2.26. The number of piperazine rings is 1. The Balaban J connectivity index is 1.79. The van der Waals surface area contributed by atoms with Crippen LogP contribution >= 0.6 is 0 Å². The molecule has 1 aromatic carbocycles. The molecule has 0 unspecified atom stereocenters. The second-order valence-electron chi connectivity index (χ2n) is 6.19. The highest BCUT2D eigenvalue weighted by atomic mass is 15.3. The molecule has 3 aromatic rings. The number of para-hydroxylation sites is 1. The van der Waals surface area contributed by atoms with Gasteiger partial charge in [-0.15, -0.1) is 0 Å². The Labute approximate surface area is 142 Å². The summed E-state index contributed by atoms with van der Waals surface area (Å²) < 4.78 is 0. The molecule has 0 amide bonds. The molecule has 24 heavy (non-hydrogen) atoms. The number of hydrogen-bond donors (Lipinski definition) is 1. The van der Waals surface area contributed by atoms with E-state index in [0.29, 0.717) is 5.82 Å². The standard InChI is InChI=1S/C19H21N5/c1-2-23-11-13-24(14-12-23)19-15-7-3-4-8-16(15)21-18(22-19)17-9-5-6-10-20-17/h3-10H,2,11-14H2,1H3/p+1. The summed E-state index contributed by atoms with van der Waals surface area (Å²) in [6.07, 6.45) is 1.79. The minimum Gasteiger partial charge on any atom is -0.345 e. The molecular weight excluding hydrogens is 298 g/mol. The summed E-state index contributed by atoms with van der Waals surface area (Å²) in [7, 11) is 0. The number of nitrogens with zero attached hydrogens (tertiary/aromatic N) is 4. The number of pyridine rings is 1. The molecule has 1 fully saturated rings. The van der Waals surface area contributed by atoms with Crippen LogP contribution in [0.4, 0.5) is 5.82 Å². The molecule has 5 heteroatoms. The van der Waals surface area contributed by atoms with E-state index in [1.807, 2.05) is 24.3 Å². The van der Waals surface area contributed by atoms with E-state index >= 15 is 0 Å². The van der Waals surface area contributed by atoms with Gasteiger partial charge in [0.05, 0.1) is 38.2 Å². The Morgan fingerprint density at radius 1 is 1.00 bits per heavy atom. The van der Waals surface area contributed by atoms with Gasteiger partial charge < -0.3 is 9.80 Å². The maximum Gasteiger partial charge on any atom is 0.180 e. The number of anilines is 1. The van der Waals surface area contributed by atoms with E-state index in [4.69, 9.17) is 9.97 Å². The van der Waals surface area contributed by atoms with Crippen LogP contribution in [0.15, 0.2) is 48.7 Å². The zero-order valence-corrected chi connectivity index (χ0v) is 13.9. The fourth-order valence-electron chi connectivity index (χ4n) is 3.30. The van der Waals surface area contributed by atoms with Gasteiger partial charge in [-0.25, -0.2) is 9.97 Å². The molecule has 3 heterocycles. The van der Waals surface area contributed by atoms with Crippen LogP contribution in [0.25, 0.3) is 22.4 Å². The van der Waals surface area contributed by atoms with Gasteiger partial charge in [0.15, 0.2) is 5.82 Å². The number of rotatable bonds is 3. The summed E-state index contributed by atoms with van der Waals surface area (Å²) in [4.78, 5) is 18.1. The molecule has 122 valence electrons. The SMILES string of the molecule is CC[NH+]1CCN(c2nc(-c3ccccn3)nc3ccccc23)CC1. The molecule has 0 bridgehead atoms. The van der Waals surface area contributed by atoms with Crippen LogP contribution in [0.1, 0.15) is 6.92 Å². The molecule has 4 rings (SSSR count). The van der Waals surface area contributed by atoms with E-state index in [-0.39, 0.29) is 0 Å². The van der Waals surface area contributed by atoms with E-state index < -0.39 is 0 Å². The number of quaternary nitrogens is 1. The van der Waals surface area contributed by atoms with Crippen molar-refractivity contribution >= 4 is 16.7 Å². The zero-order valence-electron chi connectivity index (χ0n) is 13.9. The Morgan fingerprint density at radius 2 is 1.79 bits per heavy atom.